The first-order valence-electron chi connectivity index (χ1n) is 5.66. The molecular formula is C13H15N3OS. The van der Waals surface area contributed by atoms with E-state index in [0.29, 0.717) is 5.82 Å². The van der Waals surface area contributed by atoms with Gasteiger partial charge >= 0.3 is 0 Å². The largest absolute Gasteiger partial charge is 0.382 e. The molecule has 0 fully saturated rings. The fourth-order valence-electron chi connectivity index (χ4n) is 1.52. The highest BCUT2D eigenvalue weighted by Gasteiger charge is 2.08. The van der Waals surface area contributed by atoms with Crippen LogP contribution in [0, 0.1) is 0 Å². The molecule has 0 saturated heterocycles. The lowest BCUT2D eigenvalue weighted by Gasteiger charge is -2.06. The maximum Gasteiger partial charge on any atom is 0.141 e. The quantitative estimate of drug-likeness (QED) is 0.920. The Morgan fingerprint density at radius 3 is 2.28 bits per heavy atom. The fourth-order valence-corrected chi connectivity index (χ4v) is 2.47. The van der Waals surface area contributed by atoms with E-state index in [1.165, 1.54) is 6.20 Å². The van der Waals surface area contributed by atoms with Crippen LogP contribution in [-0.4, -0.2) is 19.4 Å². The van der Waals surface area contributed by atoms with Crippen molar-refractivity contribution in [3.8, 4) is 11.3 Å². The van der Waals surface area contributed by atoms with E-state index >= 15 is 0 Å². The summed E-state index contributed by atoms with van der Waals surface area (Å²) in [6.45, 7) is 3.88. The Labute approximate surface area is 109 Å². The van der Waals surface area contributed by atoms with E-state index in [2.05, 4.69) is 9.97 Å². The van der Waals surface area contributed by atoms with E-state index in [1.54, 1.807) is 6.20 Å². The topological polar surface area (TPSA) is 68.9 Å². The van der Waals surface area contributed by atoms with Gasteiger partial charge in [0.1, 0.15) is 5.82 Å². The molecule has 94 valence electrons. The Morgan fingerprint density at radius 1 is 1.11 bits per heavy atom. The predicted octanol–water partition coefficient (Wildman–Crippen LogP) is 2.24. The molecule has 0 spiro atoms. The van der Waals surface area contributed by atoms with Crippen molar-refractivity contribution in [2.24, 2.45) is 0 Å². The van der Waals surface area contributed by atoms with Crippen LogP contribution in [-0.2, 0) is 10.8 Å². The van der Waals surface area contributed by atoms with Crippen molar-refractivity contribution in [2.45, 2.75) is 24.0 Å². The van der Waals surface area contributed by atoms with Gasteiger partial charge in [0.05, 0.1) is 28.9 Å². The number of anilines is 1. The molecule has 1 unspecified atom stereocenters. The van der Waals surface area contributed by atoms with Gasteiger partial charge in [-0.3, -0.25) is 9.19 Å². The lowest BCUT2D eigenvalue weighted by atomic mass is 10.2. The molecule has 0 aliphatic carbocycles. The normalized spacial score (nSPS) is 12.6. The molecule has 0 aliphatic rings. The first-order valence-corrected chi connectivity index (χ1v) is 6.88. The van der Waals surface area contributed by atoms with E-state index in [-0.39, 0.29) is 5.25 Å². The van der Waals surface area contributed by atoms with E-state index in [1.807, 2.05) is 38.1 Å². The van der Waals surface area contributed by atoms with Crippen LogP contribution in [0.25, 0.3) is 11.3 Å². The standard InChI is InChI=1S/C13H15N3OS/c1-9(2)18(17)11-5-3-10(4-6-11)12-7-16-13(14)8-15-12/h3-9H,1-2H3,(H2,14,16). The highest BCUT2D eigenvalue weighted by atomic mass is 32.2. The number of benzene rings is 1. The van der Waals surface area contributed by atoms with E-state index in [4.69, 9.17) is 5.73 Å². The van der Waals surface area contributed by atoms with Crippen LogP contribution in [0.3, 0.4) is 0 Å². The molecule has 0 bridgehead atoms. The molecule has 0 radical (unpaired) electrons. The van der Waals surface area contributed by atoms with Crippen molar-refractivity contribution < 1.29 is 4.21 Å². The molecule has 1 aromatic carbocycles. The first-order chi connectivity index (χ1) is 8.58. The second kappa shape index (κ2) is 5.27. The van der Waals surface area contributed by atoms with E-state index in [0.717, 1.165) is 16.2 Å². The molecule has 2 aromatic rings. The number of rotatable bonds is 3. The second-order valence-corrected chi connectivity index (χ2v) is 6.21. The summed E-state index contributed by atoms with van der Waals surface area (Å²) in [5.74, 6) is 0.399. The van der Waals surface area contributed by atoms with Crippen molar-refractivity contribution in [2.75, 3.05) is 5.73 Å². The summed E-state index contributed by atoms with van der Waals surface area (Å²) in [7, 11) is -0.959. The molecule has 0 amide bonds. The van der Waals surface area contributed by atoms with E-state index in [9.17, 15) is 4.21 Å². The summed E-state index contributed by atoms with van der Waals surface area (Å²) in [6, 6.07) is 7.53. The summed E-state index contributed by atoms with van der Waals surface area (Å²) >= 11 is 0. The van der Waals surface area contributed by atoms with Crippen molar-refractivity contribution in [1.29, 1.82) is 0 Å². The number of aromatic nitrogens is 2. The van der Waals surface area contributed by atoms with Crippen LogP contribution in [0.15, 0.2) is 41.6 Å². The van der Waals surface area contributed by atoms with Crippen LogP contribution in [0.5, 0.6) is 0 Å². The van der Waals surface area contributed by atoms with Gasteiger partial charge in [0.2, 0.25) is 0 Å². The summed E-state index contributed by atoms with van der Waals surface area (Å²) < 4.78 is 11.9. The third-order valence-electron chi connectivity index (χ3n) is 2.48. The molecule has 5 heteroatoms. The van der Waals surface area contributed by atoms with Crippen molar-refractivity contribution >= 4 is 16.6 Å². The van der Waals surface area contributed by atoms with Gasteiger partial charge < -0.3 is 5.73 Å². The summed E-state index contributed by atoms with van der Waals surface area (Å²) in [5, 5.41) is 0.118. The molecule has 0 aliphatic heterocycles. The van der Waals surface area contributed by atoms with Gasteiger partial charge in [-0.1, -0.05) is 26.0 Å². The summed E-state index contributed by atoms with van der Waals surface area (Å²) in [5.41, 5.74) is 7.18. The zero-order valence-corrected chi connectivity index (χ0v) is 11.1. The number of nitrogens with zero attached hydrogens (tertiary/aromatic N) is 2. The Balaban J connectivity index is 2.27. The van der Waals surface area contributed by atoms with Gasteiger partial charge in [0.15, 0.2) is 0 Å². The second-order valence-electron chi connectivity index (χ2n) is 4.20. The maximum atomic E-state index is 11.9. The number of hydrogen-bond donors (Lipinski definition) is 1. The highest BCUT2D eigenvalue weighted by Crippen LogP contribution is 2.19. The molecule has 18 heavy (non-hydrogen) atoms. The van der Waals surface area contributed by atoms with Crippen molar-refractivity contribution in [3.63, 3.8) is 0 Å². The average Bonchev–Trinajstić information content (AvgIpc) is 2.39. The lowest BCUT2D eigenvalue weighted by Crippen LogP contribution is -2.05. The third-order valence-corrected chi connectivity index (χ3v) is 4.08. The lowest BCUT2D eigenvalue weighted by molar-refractivity contribution is 0.677. The molecule has 0 saturated carbocycles. The number of nitrogen functional groups attached to an aromatic ring is 1. The van der Waals surface area contributed by atoms with Gasteiger partial charge in [-0.25, -0.2) is 4.98 Å². The molecule has 2 rings (SSSR count). The smallest absolute Gasteiger partial charge is 0.141 e. The Bertz CT molecular complexity index is 549. The van der Waals surface area contributed by atoms with Crippen LogP contribution < -0.4 is 5.73 Å². The zero-order valence-electron chi connectivity index (χ0n) is 10.3. The molecule has 4 nitrogen and oxygen atoms in total. The monoisotopic (exact) mass is 261 g/mol. The molecule has 2 N–H and O–H groups in total. The fraction of sp³-hybridized carbons (Fsp3) is 0.231. The molecular weight excluding hydrogens is 246 g/mol. The van der Waals surface area contributed by atoms with Crippen molar-refractivity contribution in [3.05, 3.63) is 36.7 Å². The van der Waals surface area contributed by atoms with Gasteiger partial charge in [-0.05, 0) is 12.1 Å². The number of hydrogen-bond acceptors (Lipinski definition) is 4. The summed E-state index contributed by atoms with van der Waals surface area (Å²) in [4.78, 5) is 9.02. The van der Waals surface area contributed by atoms with Gasteiger partial charge in [0.25, 0.3) is 0 Å². The minimum Gasteiger partial charge on any atom is -0.382 e. The highest BCUT2D eigenvalue weighted by molar-refractivity contribution is 7.85. The Kier molecular flexibility index (Phi) is 3.72. The first kappa shape index (κ1) is 12.7. The third kappa shape index (κ3) is 2.73. The van der Waals surface area contributed by atoms with Crippen LogP contribution in [0.1, 0.15) is 13.8 Å². The van der Waals surface area contributed by atoms with E-state index < -0.39 is 10.8 Å². The van der Waals surface area contributed by atoms with Gasteiger partial charge in [-0.15, -0.1) is 0 Å². The van der Waals surface area contributed by atoms with Gasteiger partial charge in [-0.2, -0.15) is 0 Å². The summed E-state index contributed by atoms with van der Waals surface area (Å²) in [6.07, 6.45) is 3.15. The molecule has 1 aromatic heterocycles. The SMILES string of the molecule is CC(C)S(=O)c1ccc(-c2cnc(N)cn2)cc1. The maximum absolute atomic E-state index is 11.9. The van der Waals surface area contributed by atoms with Crippen molar-refractivity contribution in [1.82, 2.24) is 9.97 Å². The number of nitrogens with two attached hydrogens (primary N) is 1. The Morgan fingerprint density at radius 2 is 1.78 bits per heavy atom. The predicted molar refractivity (Wildman–Crippen MR) is 73.4 cm³/mol. The minimum absolute atomic E-state index is 0.118. The molecule has 1 heterocycles. The van der Waals surface area contributed by atoms with Gasteiger partial charge in [0, 0.05) is 15.7 Å². The Hall–Kier alpha value is -1.75. The molecule has 1 atom stereocenters. The van der Waals surface area contributed by atoms with Crippen LogP contribution >= 0.6 is 0 Å². The average molecular weight is 261 g/mol. The zero-order chi connectivity index (χ0) is 13.1. The van der Waals surface area contributed by atoms with Crippen LogP contribution in [0.2, 0.25) is 0 Å². The minimum atomic E-state index is -0.959. The van der Waals surface area contributed by atoms with Crippen LogP contribution in [0.4, 0.5) is 5.82 Å².